The van der Waals surface area contributed by atoms with E-state index in [2.05, 4.69) is 55.5 Å². The Bertz CT molecular complexity index is 856. The molecule has 1 atom stereocenters. The van der Waals surface area contributed by atoms with Gasteiger partial charge in [0.2, 0.25) is 0 Å². The minimum atomic E-state index is 0.534. The Balaban J connectivity index is 2.27. The second-order valence-electron chi connectivity index (χ2n) is 5.73. The molecule has 0 heteroatoms. The average molecular weight is 246 g/mol. The Morgan fingerprint density at radius 1 is 0.947 bits per heavy atom. The van der Waals surface area contributed by atoms with E-state index in [1.165, 1.54) is 40.1 Å². The van der Waals surface area contributed by atoms with Gasteiger partial charge >= 0.3 is 0 Å². The number of fused-ring (bicyclic) bond motifs is 4. The molecule has 2 aliphatic rings. The van der Waals surface area contributed by atoms with Gasteiger partial charge in [-0.25, -0.2) is 0 Å². The van der Waals surface area contributed by atoms with Crippen molar-refractivity contribution in [1.82, 2.24) is 0 Å². The minimum Gasteiger partial charge on any atom is -0.0770 e. The summed E-state index contributed by atoms with van der Waals surface area (Å²) in [5.74, 6) is 0.534. The third-order valence-corrected chi connectivity index (χ3v) is 4.52. The van der Waals surface area contributed by atoms with Crippen LogP contribution in [-0.2, 0) is 6.42 Å². The number of benzene rings is 2. The largest absolute Gasteiger partial charge is 0.0770 e. The van der Waals surface area contributed by atoms with Crippen LogP contribution < -0.4 is 10.4 Å². The summed E-state index contributed by atoms with van der Waals surface area (Å²) in [5, 5.41) is 5.73. The standard InChI is InChI=1S/C19H18/c1-13-12-15-7-3-4-8-16(15)18-11-10-14-6-2-5-9-17(14)19(13)18/h3-4,6-8,10-13H,2,5,9H2,1H3. The first-order valence-electron chi connectivity index (χ1n) is 7.28. The molecule has 2 aromatic rings. The Morgan fingerprint density at radius 3 is 2.79 bits per heavy atom. The maximum absolute atomic E-state index is 2.42. The summed E-state index contributed by atoms with van der Waals surface area (Å²) in [5.41, 5.74) is 3.18. The topological polar surface area (TPSA) is 0 Å². The second kappa shape index (κ2) is 4.09. The van der Waals surface area contributed by atoms with Gasteiger partial charge in [-0.05, 0) is 51.3 Å². The molecule has 94 valence electrons. The van der Waals surface area contributed by atoms with E-state index >= 15 is 0 Å². The van der Waals surface area contributed by atoms with E-state index < -0.39 is 0 Å². The van der Waals surface area contributed by atoms with Crippen LogP contribution in [0.2, 0.25) is 0 Å². The molecule has 0 N–H and O–H groups in total. The van der Waals surface area contributed by atoms with Gasteiger partial charge in [0.1, 0.15) is 0 Å². The van der Waals surface area contributed by atoms with E-state index in [0.29, 0.717) is 5.92 Å². The maximum atomic E-state index is 2.42. The predicted molar refractivity (Wildman–Crippen MR) is 80.1 cm³/mol. The highest BCUT2D eigenvalue weighted by molar-refractivity contribution is 5.50. The molecule has 0 saturated heterocycles. The minimum absolute atomic E-state index is 0.534. The van der Waals surface area contributed by atoms with Gasteiger partial charge < -0.3 is 0 Å². The van der Waals surface area contributed by atoms with Crippen molar-refractivity contribution in [2.45, 2.75) is 32.1 Å². The van der Waals surface area contributed by atoms with E-state index in [0.717, 1.165) is 0 Å². The third kappa shape index (κ3) is 1.59. The molecule has 0 spiro atoms. The van der Waals surface area contributed by atoms with Crippen LogP contribution in [0, 0.1) is 10.4 Å². The lowest BCUT2D eigenvalue weighted by atomic mass is 9.84. The highest BCUT2D eigenvalue weighted by Gasteiger charge is 2.16. The molecule has 0 fully saturated rings. The summed E-state index contributed by atoms with van der Waals surface area (Å²) in [6.45, 7) is 2.34. The van der Waals surface area contributed by atoms with Crippen LogP contribution in [0.5, 0.6) is 0 Å². The zero-order valence-corrected chi connectivity index (χ0v) is 11.3. The number of hydrogen-bond acceptors (Lipinski definition) is 0. The Labute approximate surface area is 113 Å². The third-order valence-electron chi connectivity index (χ3n) is 4.52. The molecule has 19 heavy (non-hydrogen) atoms. The summed E-state index contributed by atoms with van der Waals surface area (Å²) in [7, 11) is 0. The normalized spacial score (nSPS) is 19.5. The van der Waals surface area contributed by atoms with Gasteiger partial charge in [0.15, 0.2) is 0 Å². The monoisotopic (exact) mass is 246 g/mol. The fraction of sp³-hybridized carbons (Fsp3) is 0.263. The Kier molecular flexibility index (Phi) is 2.38. The van der Waals surface area contributed by atoms with Crippen molar-refractivity contribution in [1.29, 1.82) is 0 Å². The van der Waals surface area contributed by atoms with Crippen molar-refractivity contribution in [3.05, 3.63) is 68.4 Å². The lowest BCUT2D eigenvalue weighted by Gasteiger charge is -2.20. The summed E-state index contributed by atoms with van der Waals surface area (Å²) >= 11 is 0. The van der Waals surface area contributed by atoms with Gasteiger partial charge in [-0.1, -0.05) is 55.5 Å². The summed E-state index contributed by atoms with van der Waals surface area (Å²) in [6, 6.07) is 13.4. The van der Waals surface area contributed by atoms with Crippen molar-refractivity contribution in [3.8, 4) is 0 Å². The van der Waals surface area contributed by atoms with Crippen LogP contribution >= 0.6 is 0 Å². The fourth-order valence-corrected chi connectivity index (χ4v) is 3.68. The van der Waals surface area contributed by atoms with Crippen molar-refractivity contribution in [2.75, 3.05) is 0 Å². The molecule has 2 aromatic carbocycles. The van der Waals surface area contributed by atoms with Crippen LogP contribution in [0.15, 0.2) is 36.4 Å². The zero-order chi connectivity index (χ0) is 12.8. The quantitative estimate of drug-likeness (QED) is 0.670. The molecular formula is C19H18. The van der Waals surface area contributed by atoms with Crippen LogP contribution in [0.1, 0.15) is 36.8 Å². The van der Waals surface area contributed by atoms with Crippen molar-refractivity contribution in [2.24, 2.45) is 0 Å². The zero-order valence-electron chi connectivity index (χ0n) is 11.3. The number of hydrogen-bond donors (Lipinski definition) is 0. The first kappa shape index (κ1) is 11.0. The van der Waals surface area contributed by atoms with Gasteiger partial charge in [0.25, 0.3) is 0 Å². The van der Waals surface area contributed by atoms with Crippen molar-refractivity contribution >= 4 is 12.2 Å². The smallest absolute Gasteiger partial charge is 0.000787 e. The average Bonchev–Trinajstić information content (AvgIpc) is 2.46. The first-order chi connectivity index (χ1) is 9.34. The molecule has 1 unspecified atom stereocenters. The SMILES string of the molecule is CC1C=c2ccccc2=c2ccc3c(c21)CCCC=3. The molecule has 0 aliphatic heterocycles. The molecular weight excluding hydrogens is 228 g/mol. The van der Waals surface area contributed by atoms with Gasteiger partial charge in [-0.15, -0.1) is 0 Å². The van der Waals surface area contributed by atoms with Crippen LogP contribution in [0.4, 0.5) is 0 Å². The molecule has 0 radical (unpaired) electrons. The molecule has 0 amide bonds. The van der Waals surface area contributed by atoms with Crippen LogP contribution in [-0.4, -0.2) is 0 Å². The van der Waals surface area contributed by atoms with E-state index in [1.807, 2.05) is 0 Å². The predicted octanol–water partition coefficient (Wildman–Crippen LogP) is 2.99. The molecule has 0 nitrogen and oxygen atoms in total. The lowest BCUT2D eigenvalue weighted by Crippen LogP contribution is -2.21. The van der Waals surface area contributed by atoms with Crippen LogP contribution in [0.25, 0.3) is 12.2 Å². The van der Waals surface area contributed by atoms with E-state index in [4.69, 9.17) is 0 Å². The van der Waals surface area contributed by atoms with Crippen molar-refractivity contribution in [3.63, 3.8) is 0 Å². The molecule has 0 aromatic heterocycles. The van der Waals surface area contributed by atoms with E-state index in [1.54, 1.807) is 11.1 Å². The van der Waals surface area contributed by atoms with Crippen LogP contribution in [0.3, 0.4) is 0 Å². The van der Waals surface area contributed by atoms with Gasteiger partial charge in [-0.3, -0.25) is 0 Å². The summed E-state index contributed by atoms with van der Waals surface area (Å²) in [6.07, 6.45) is 8.62. The van der Waals surface area contributed by atoms with E-state index in [-0.39, 0.29) is 0 Å². The number of rotatable bonds is 0. The van der Waals surface area contributed by atoms with E-state index in [9.17, 15) is 0 Å². The van der Waals surface area contributed by atoms with Crippen molar-refractivity contribution < 1.29 is 0 Å². The fourth-order valence-electron chi connectivity index (χ4n) is 3.68. The summed E-state index contributed by atoms with van der Waals surface area (Å²) in [4.78, 5) is 0. The maximum Gasteiger partial charge on any atom is 0.000787 e. The summed E-state index contributed by atoms with van der Waals surface area (Å²) < 4.78 is 0. The molecule has 0 saturated carbocycles. The van der Waals surface area contributed by atoms with Gasteiger partial charge in [-0.2, -0.15) is 0 Å². The molecule has 2 aliphatic carbocycles. The molecule has 0 bridgehead atoms. The van der Waals surface area contributed by atoms with Gasteiger partial charge in [0, 0.05) is 5.92 Å². The molecule has 4 rings (SSSR count). The highest BCUT2D eigenvalue weighted by Crippen LogP contribution is 2.25. The second-order valence-corrected chi connectivity index (χ2v) is 5.73. The first-order valence-corrected chi connectivity index (χ1v) is 7.28. The van der Waals surface area contributed by atoms with Gasteiger partial charge in [0.05, 0.1) is 0 Å². The molecule has 0 heterocycles. The highest BCUT2D eigenvalue weighted by atomic mass is 14.2. The lowest BCUT2D eigenvalue weighted by molar-refractivity contribution is 0.808. The Morgan fingerprint density at radius 2 is 1.84 bits per heavy atom. The Hall–Kier alpha value is -1.82.